The lowest BCUT2D eigenvalue weighted by Gasteiger charge is -2.25. The van der Waals surface area contributed by atoms with E-state index in [1.807, 2.05) is 45.2 Å². The molecule has 0 radical (unpaired) electrons. The smallest absolute Gasteiger partial charge is 0.414 e. The van der Waals surface area contributed by atoms with Gasteiger partial charge in [0.1, 0.15) is 5.60 Å². The number of anilines is 1. The maximum absolute atomic E-state index is 12.1. The molecule has 19 heavy (non-hydrogen) atoms. The molecule has 0 atom stereocenters. The molecule has 4 nitrogen and oxygen atoms in total. The van der Waals surface area contributed by atoms with E-state index in [4.69, 9.17) is 4.74 Å². The second-order valence-electron chi connectivity index (χ2n) is 5.38. The summed E-state index contributed by atoms with van der Waals surface area (Å²) in [6.45, 7) is 5.55. The van der Waals surface area contributed by atoms with Crippen molar-refractivity contribution in [1.29, 1.82) is 0 Å². The molecule has 0 saturated heterocycles. The van der Waals surface area contributed by atoms with E-state index in [9.17, 15) is 4.79 Å². The molecule has 0 aliphatic heterocycles. The van der Waals surface area contributed by atoms with Crippen molar-refractivity contribution < 1.29 is 9.53 Å². The van der Waals surface area contributed by atoms with Crippen LogP contribution in [0.3, 0.4) is 0 Å². The molecule has 0 saturated carbocycles. The quantitative estimate of drug-likeness (QED) is 0.849. The number of nitrogens with zero attached hydrogens (tertiary/aromatic N) is 1. The van der Waals surface area contributed by atoms with E-state index < -0.39 is 5.60 Å². The maximum Gasteiger partial charge on any atom is 0.414 e. The van der Waals surface area contributed by atoms with Crippen molar-refractivity contribution in [1.82, 2.24) is 4.98 Å². The van der Waals surface area contributed by atoms with Crippen LogP contribution in [0, 0.1) is 0 Å². The summed E-state index contributed by atoms with van der Waals surface area (Å²) in [5.74, 6) is 0. The molecule has 102 valence electrons. The van der Waals surface area contributed by atoms with E-state index in [2.05, 4.69) is 20.9 Å². The van der Waals surface area contributed by atoms with Gasteiger partial charge in [-0.05, 0) is 48.8 Å². The van der Waals surface area contributed by atoms with Gasteiger partial charge in [0.2, 0.25) is 0 Å². The third-order valence-corrected chi connectivity index (χ3v) is 3.48. The normalized spacial score (nSPS) is 11.6. The van der Waals surface area contributed by atoms with Crippen LogP contribution >= 0.6 is 15.9 Å². The molecule has 0 spiro atoms. The monoisotopic (exact) mass is 324 g/mol. The van der Waals surface area contributed by atoms with Gasteiger partial charge in [0, 0.05) is 18.6 Å². The number of amides is 1. The van der Waals surface area contributed by atoms with Gasteiger partial charge in [0.05, 0.1) is 15.7 Å². The SMILES string of the molecule is CN(C(=O)OC(C)(C)C)c1ccc2cc[nH]c2c1Br. The van der Waals surface area contributed by atoms with Crippen molar-refractivity contribution in [2.45, 2.75) is 26.4 Å². The van der Waals surface area contributed by atoms with Crippen molar-refractivity contribution >= 4 is 38.6 Å². The van der Waals surface area contributed by atoms with Crippen LogP contribution in [0.4, 0.5) is 10.5 Å². The maximum atomic E-state index is 12.1. The first-order valence-electron chi connectivity index (χ1n) is 6.02. The summed E-state index contributed by atoms with van der Waals surface area (Å²) in [6, 6.07) is 5.84. The number of carbonyl (C=O) groups is 1. The number of ether oxygens (including phenoxy) is 1. The number of hydrogen-bond donors (Lipinski definition) is 1. The first kappa shape index (κ1) is 13.9. The van der Waals surface area contributed by atoms with E-state index in [0.29, 0.717) is 0 Å². The number of carbonyl (C=O) groups excluding carboxylic acids is 1. The summed E-state index contributed by atoms with van der Waals surface area (Å²) in [4.78, 5) is 16.7. The summed E-state index contributed by atoms with van der Waals surface area (Å²) < 4.78 is 6.21. The molecule has 2 aromatic rings. The molecule has 0 fully saturated rings. The lowest BCUT2D eigenvalue weighted by atomic mass is 10.2. The lowest BCUT2D eigenvalue weighted by Crippen LogP contribution is -2.34. The molecule has 0 unspecified atom stereocenters. The van der Waals surface area contributed by atoms with E-state index >= 15 is 0 Å². The molecule has 1 aromatic heterocycles. The van der Waals surface area contributed by atoms with E-state index in [1.54, 1.807) is 7.05 Å². The van der Waals surface area contributed by atoms with Crippen LogP contribution < -0.4 is 4.90 Å². The Kier molecular flexibility index (Phi) is 3.58. The Morgan fingerprint density at radius 3 is 2.63 bits per heavy atom. The van der Waals surface area contributed by atoms with Gasteiger partial charge < -0.3 is 9.72 Å². The number of benzene rings is 1. The highest BCUT2D eigenvalue weighted by Crippen LogP contribution is 2.33. The predicted molar refractivity (Wildman–Crippen MR) is 80.6 cm³/mol. The van der Waals surface area contributed by atoms with Gasteiger partial charge in [-0.15, -0.1) is 0 Å². The molecule has 1 N–H and O–H groups in total. The number of aromatic nitrogens is 1. The van der Waals surface area contributed by atoms with Gasteiger partial charge in [-0.3, -0.25) is 4.90 Å². The fraction of sp³-hybridized carbons (Fsp3) is 0.357. The zero-order chi connectivity index (χ0) is 14.2. The molecular formula is C14H17BrN2O2. The molecule has 1 amide bonds. The minimum Gasteiger partial charge on any atom is -0.443 e. The molecule has 1 heterocycles. The zero-order valence-electron chi connectivity index (χ0n) is 11.5. The molecule has 2 rings (SSSR count). The molecule has 0 bridgehead atoms. The Hall–Kier alpha value is -1.49. The van der Waals surface area contributed by atoms with Gasteiger partial charge in [0.15, 0.2) is 0 Å². The topological polar surface area (TPSA) is 45.3 Å². The number of nitrogens with one attached hydrogen (secondary N) is 1. The Balaban J connectivity index is 2.33. The number of rotatable bonds is 1. The van der Waals surface area contributed by atoms with Crippen LogP contribution in [0.2, 0.25) is 0 Å². The number of halogens is 1. The number of hydrogen-bond acceptors (Lipinski definition) is 2. The first-order chi connectivity index (χ1) is 8.79. The van der Waals surface area contributed by atoms with Crippen molar-refractivity contribution in [2.24, 2.45) is 0 Å². The molecule has 5 heteroatoms. The van der Waals surface area contributed by atoms with E-state index in [1.165, 1.54) is 4.90 Å². The zero-order valence-corrected chi connectivity index (χ0v) is 13.0. The summed E-state index contributed by atoms with van der Waals surface area (Å²) in [7, 11) is 1.70. The van der Waals surface area contributed by atoms with Crippen LogP contribution in [0.15, 0.2) is 28.9 Å². The van der Waals surface area contributed by atoms with Crippen LogP contribution in [0.5, 0.6) is 0 Å². The van der Waals surface area contributed by atoms with Crippen LogP contribution in [-0.4, -0.2) is 23.7 Å². The van der Waals surface area contributed by atoms with Crippen molar-refractivity contribution in [3.05, 3.63) is 28.9 Å². The van der Waals surface area contributed by atoms with Crippen molar-refractivity contribution in [3.63, 3.8) is 0 Å². The summed E-state index contributed by atoms with van der Waals surface area (Å²) in [5, 5.41) is 1.09. The highest BCUT2D eigenvalue weighted by atomic mass is 79.9. The van der Waals surface area contributed by atoms with Crippen molar-refractivity contribution in [2.75, 3.05) is 11.9 Å². The highest BCUT2D eigenvalue weighted by Gasteiger charge is 2.22. The van der Waals surface area contributed by atoms with Crippen molar-refractivity contribution in [3.8, 4) is 0 Å². The molecule has 0 aliphatic rings. The fourth-order valence-corrected chi connectivity index (χ4v) is 2.51. The van der Waals surface area contributed by atoms with Crippen LogP contribution in [0.25, 0.3) is 10.9 Å². The average Bonchev–Trinajstić information content (AvgIpc) is 2.75. The largest absolute Gasteiger partial charge is 0.443 e. The lowest BCUT2D eigenvalue weighted by molar-refractivity contribution is 0.0589. The minimum atomic E-state index is -0.506. The second-order valence-corrected chi connectivity index (χ2v) is 6.17. The minimum absolute atomic E-state index is 0.376. The number of H-pyrrole nitrogens is 1. The highest BCUT2D eigenvalue weighted by molar-refractivity contribution is 9.10. The average molecular weight is 325 g/mol. The van der Waals surface area contributed by atoms with Crippen LogP contribution in [0.1, 0.15) is 20.8 Å². The molecule has 1 aromatic carbocycles. The fourth-order valence-electron chi connectivity index (χ4n) is 1.77. The third kappa shape index (κ3) is 2.92. The van der Waals surface area contributed by atoms with E-state index in [0.717, 1.165) is 21.1 Å². The molecule has 0 aliphatic carbocycles. The van der Waals surface area contributed by atoms with Gasteiger partial charge in [-0.25, -0.2) is 4.79 Å². The Bertz CT molecular complexity index is 613. The third-order valence-electron chi connectivity index (χ3n) is 2.67. The first-order valence-corrected chi connectivity index (χ1v) is 6.81. The number of aromatic amines is 1. The molecular weight excluding hydrogens is 308 g/mol. The van der Waals surface area contributed by atoms with Gasteiger partial charge in [0.25, 0.3) is 0 Å². The van der Waals surface area contributed by atoms with E-state index in [-0.39, 0.29) is 6.09 Å². The Morgan fingerprint density at radius 2 is 2.00 bits per heavy atom. The van der Waals surface area contributed by atoms with Gasteiger partial charge in [-0.2, -0.15) is 0 Å². The number of fused-ring (bicyclic) bond motifs is 1. The Morgan fingerprint density at radius 1 is 1.32 bits per heavy atom. The Labute approximate surface area is 120 Å². The summed E-state index contributed by atoms with van der Waals surface area (Å²) in [6.07, 6.45) is 1.49. The van der Waals surface area contributed by atoms with Crippen LogP contribution in [-0.2, 0) is 4.74 Å². The van der Waals surface area contributed by atoms with Gasteiger partial charge in [-0.1, -0.05) is 6.07 Å². The standard InChI is InChI=1S/C14H17BrN2O2/c1-14(2,3)19-13(18)17(4)10-6-5-9-7-8-16-12(9)11(10)15/h5-8,16H,1-4H3. The summed E-state index contributed by atoms with van der Waals surface area (Å²) >= 11 is 3.53. The second kappa shape index (κ2) is 4.89. The predicted octanol–water partition coefficient (Wildman–Crippen LogP) is 4.30. The summed E-state index contributed by atoms with van der Waals surface area (Å²) in [5.41, 5.74) is 1.23. The van der Waals surface area contributed by atoms with Gasteiger partial charge >= 0.3 is 6.09 Å².